The topological polar surface area (TPSA) is 73.0 Å². The number of hydrogen-bond acceptors (Lipinski definition) is 4. The number of amides is 1. The first-order valence-corrected chi connectivity index (χ1v) is 9.58. The lowest BCUT2D eigenvalue weighted by Gasteiger charge is -2.32. The van der Waals surface area contributed by atoms with Gasteiger partial charge in [-0.15, -0.1) is 0 Å². The van der Waals surface area contributed by atoms with E-state index in [1.807, 2.05) is 6.07 Å². The molecule has 3 aromatic heterocycles. The number of rotatable bonds is 3. The van der Waals surface area contributed by atoms with E-state index >= 15 is 0 Å². The zero-order chi connectivity index (χ0) is 21.5. The predicted molar refractivity (Wildman–Crippen MR) is 103 cm³/mol. The fourth-order valence-electron chi connectivity index (χ4n) is 3.88. The Bertz CT molecular complexity index is 1140. The van der Waals surface area contributed by atoms with E-state index in [4.69, 9.17) is 0 Å². The van der Waals surface area contributed by atoms with Crippen molar-refractivity contribution in [2.24, 2.45) is 13.0 Å². The molecule has 4 rings (SSSR count). The number of carbonyl (C=O) groups excluding carboxylic acids is 1. The number of nitrogens with zero attached hydrogens (tertiary/aromatic N) is 5. The van der Waals surface area contributed by atoms with Gasteiger partial charge in [0.15, 0.2) is 5.65 Å². The Morgan fingerprint density at radius 1 is 1.17 bits per heavy atom. The van der Waals surface area contributed by atoms with E-state index < -0.39 is 17.8 Å². The van der Waals surface area contributed by atoms with Gasteiger partial charge >= 0.3 is 11.9 Å². The van der Waals surface area contributed by atoms with Crippen LogP contribution in [0.2, 0.25) is 0 Å². The summed E-state index contributed by atoms with van der Waals surface area (Å²) in [6.45, 7) is 1.32. The number of halogens is 3. The molecule has 0 spiro atoms. The second kappa shape index (κ2) is 7.58. The van der Waals surface area contributed by atoms with Gasteiger partial charge in [0.2, 0.25) is 0 Å². The van der Waals surface area contributed by atoms with Crippen molar-refractivity contribution in [1.82, 2.24) is 24.0 Å². The largest absolute Gasteiger partial charge is 0.433 e. The molecule has 1 amide bonds. The summed E-state index contributed by atoms with van der Waals surface area (Å²) in [5.41, 5.74) is 0.142. The Hall–Kier alpha value is -3.17. The van der Waals surface area contributed by atoms with Gasteiger partial charge in [0.1, 0.15) is 5.69 Å². The molecule has 7 nitrogen and oxygen atoms in total. The van der Waals surface area contributed by atoms with E-state index in [-0.39, 0.29) is 17.2 Å². The zero-order valence-corrected chi connectivity index (χ0v) is 16.3. The Morgan fingerprint density at radius 2 is 1.90 bits per heavy atom. The monoisotopic (exact) mass is 419 g/mol. The van der Waals surface area contributed by atoms with Crippen LogP contribution < -0.4 is 5.69 Å². The van der Waals surface area contributed by atoms with Crippen LogP contribution in [-0.2, 0) is 19.8 Å². The molecular weight excluding hydrogens is 399 g/mol. The average Bonchev–Trinajstić information content (AvgIpc) is 2.98. The molecule has 158 valence electrons. The van der Waals surface area contributed by atoms with Gasteiger partial charge in [-0.25, -0.2) is 9.78 Å². The first-order chi connectivity index (χ1) is 14.3. The van der Waals surface area contributed by atoms with Gasteiger partial charge in [0.25, 0.3) is 5.91 Å². The normalized spacial score (nSPS) is 15.7. The smallest absolute Gasteiger partial charge is 0.339 e. The van der Waals surface area contributed by atoms with Crippen molar-refractivity contribution in [3.63, 3.8) is 0 Å². The molecule has 1 saturated heterocycles. The summed E-state index contributed by atoms with van der Waals surface area (Å²) in [4.78, 5) is 34.4. The Labute approximate surface area is 169 Å². The van der Waals surface area contributed by atoms with E-state index in [0.29, 0.717) is 38.1 Å². The third-order valence-electron chi connectivity index (χ3n) is 5.54. The Kier molecular flexibility index (Phi) is 5.08. The van der Waals surface area contributed by atoms with Gasteiger partial charge in [0.05, 0.1) is 5.52 Å². The summed E-state index contributed by atoms with van der Waals surface area (Å²) in [6.07, 6.45) is -0.646. The minimum Gasteiger partial charge on any atom is -0.339 e. The van der Waals surface area contributed by atoms with Crippen molar-refractivity contribution in [3.8, 4) is 0 Å². The molecule has 1 aliphatic heterocycles. The highest BCUT2D eigenvalue weighted by atomic mass is 19.4. The zero-order valence-electron chi connectivity index (χ0n) is 16.3. The van der Waals surface area contributed by atoms with Crippen LogP contribution in [0.25, 0.3) is 11.2 Å². The van der Waals surface area contributed by atoms with E-state index in [1.165, 1.54) is 6.07 Å². The maximum atomic E-state index is 12.9. The molecule has 0 aliphatic carbocycles. The molecule has 0 unspecified atom stereocenters. The van der Waals surface area contributed by atoms with Crippen molar-refractivity contribution < 1.29 is 18.0 Å². The second-order valence-corrected chi connectivity index (χ2v) is 7.46. The highest BCUT2D eigenvalue weighted by molar-refractivity contribution is 5.94. The van der Waals surface area contributed by atoms with Crippen LogP contribution in [-0.4, -0.2) is 43.0 Å². The molecule has 0 atom stereocenters. The van der Waals surface area contributed by atoms with Gasteiger partial charge in [-0.1, -0.05) is 0 Å². The lowest BCUT2D eigenvalue weighted by Crippen LogP contribution is -2.40. The summed E-state index contributed by atoms with van der Waals surface area (Å²) < 4.78 is 41.8. The molecule has 0 radical (unpaired) electrons. The molecule has 30 heavy (non-hydrogen) atoms. The van der Waals surface area contributed by atoms with Crippen LogP contribution in [0.15, 0.2) is 41.5 Å². The van der Waals surface area contributed by atoms with Crippen LogP contribution in [0.1, 0.15) is 28.9 Å². The number of fused-ring (bicyclic) bond motifs is 1. The predicted octanol–water partition coefficient (Wildman–Crippen LogP) is 2.70. The first kappa shape index (κ1) is 20.1. The summed E-state index contributed by atoms with van der Waals surface area (Å²) in [5.74, 6) is -0.270. The molecule has 0 bridgehead atoms. The number of likely N-dealkylation sites (tertiary alicyclic amines) is 1. The lowest BCUT2D eigenvalue weighted by atomic mass is 9.96. The van der Waals surface area contributed by atoms with E-state index in [2.05, 4.69) is 9.97 Å². The molecule has 1 aliphatic rings. The molecule has 3 aromatic rings. The van der Waals surface area contributed by atoms with Crippen molar-refractivity contribution in [1.29, 1.82) is 0 Å². The van der Waals surface area contributed by atoms with Gasteiger partial charge in [0, 0.05) is 44.6 Å². The number of hydrogen-bond donors (Lipinski definition) is 0. The first-order valence-electron chi connectivity index (χ1n) is 9.58. The molecule has 0 saturated carbocycles. The molecule has 0 N–H and O–H groups in total. The van der Waals surface area contributed by atoms with Crippen LogP contribution in [0, 0.1) is 5.92 Å². The number of piperidine rings is 1. The second-order valence-electron chi connectivity index (χ2n) is 7.46. The van der Waals surface area contributed by atoms with Crippen molar-refractivity contribution in [2.75, 3.05) is 13.1 Å². The molecule has 1 fully saturated rings. The lowest BCUT2D eigenvalue weighted by molar-refractivity contribution is -0.141. The number of alkyl halides is 3. The molecule has 0 aromatic carbocycles. The summed E-state index contributed by atoms with van der Waals surface area (Å²) >= 11 is 0. The SMILES string of the molecule is Cn1c(=O)n(CC2CCN(C(=O)c3ccnc(C(F)(F)F)c3)CC2)c2ncccc21. The van der Waals surface area contributed by atoms with Crippen molar-refractivity contribution in [2.45, 2.75) is 25.6 Å². The molecule has 10 heteroatoms. The van der Waals surface area contributed by atoms with E-state index in [9.17, 15) is 22.8 Å². The average molecular weight is 419 g/mol. The minimum absolute atomic E-state index is 0.0229. The van der Waals surface area contributed by atoms with Crippen LogP contribution in [0.5, 0.6) is 0 Å². The standard InChI is InChI=1S/C20H20F3N5O2/c1-26-15-3-2-7-25-17(15)28(19(26)30)12-13-5-9-27(10-6-13)18(29)14-4-8-24-16(11-14)20(21,22)23/h2-4,7-8,11,13H,5-6,9-10,12H2,1H3. The van der Waals surface area contributed by atoms with Crippen LogP contribution >= 0.6 is 0 Å². The number of aryl methyl sites for hydroxylation is 1. The van der Waals surface area contributed by atoms with Gasteiger partial charge in [-0.3, -0.25) is 18.9 Å². The number of imidazole rings is 1. The van der Waals surface area contributed by atoms with Crippen LogP contribution in [0.3, 0.4) is 0 Å². The Balaban J connectivity index is 1.44. The maximum Gasteiger partial charge on any atom is 0.433 e. The fourth-order valence-corrected chi connectivity index (χ4v) is 3.88. The minimum atomic E-state index is -4.59. The third-order valence-corrected chi connectivity index (χ3v) is 5.54. The summed E-state index contributed by atoms with van der Waals surface area (Å²) in [6, 6.07) is 5.70. The van der Waals surface area contributed by atoms with Gasteiger partial charge in [-0.2, -0.15) is 13.2 Å². The molecular formula is C20H20F3N5O2. The Morgan fingerprint density at radius 3 is 2.60 bits per heavy atom. The summed E-state index contributed by atoms with van der Waals surface area (Å²) in [7, 11) is 1.70. The molecule has 4 heterocycles. The van der Waals surface area contributed by atoms with E-state index in [1.54, 1.807) is 33.3 Å². The van der Waals surface area contributed by atoms with E-state index in [0.717, 1.165) is 17.8 Å². The van der Waals surface area contributed by atoms with Crippen molar-refractivity contribution in [3.05, 3.63) is 58.4 Å². The van der Waals surface area contributed by atoms with Gasteiger partial charge < -0.3 is 4.90 Å². The van der Waals surface area contributed by atoms with Gasteiger partial charge in [-0.05, 0) is 43.0 Å². The summed E-state index contributed by atoms with van der Waals surface area (Å²) in [5, 5.41) is 0. The number of pyridine rings is 2. The van der Waals surface area contributed by atoms with Crippen molar-refractivity contribution >= 4 is 17.1 Å². The third kappa shape index (κ3) is 3.69. The fraction of sp³-hybridized carbons (Fsp3) is 0.400. The number of carbonyl (C=O) groups is 1. The highest BCUT2D eigenvalue weighted by Crippen LogP contribution is 2.28. The number of aromatic nitrogens is 4. The van der Waals surface area contributed by atoms with Crippen LogP contribution in [0.4, 0.5) is 13.2 Å². The maximum absolute atomic E-state index is 12.9. The highest BCUT2D eigenvalue weighted by Gasteiger charge is 2.33. The quantitative estimate of drug-likeness (QED) is 0.655.